The Morgan fingerprint density at radius 2 is 1.70 bits per heavy atom. The van der Waals surface area contributed by atoms with Crippen LogP contribution in [0.25, 0.3) is 10.9 Å². The number of benzene rings is 3. The number of methoxy groups -OCH3 is 2. The molecule has 33 heavy (non-hydrogen) atoms. The Bertz CT molecular complexity index is 1360. The third-order valence-electron chi connectivity index (χ3n) is 6.80. The summed E-state index contributed by atoms with van der Waals surface area (Å²) in [5, 5.41) is 1.11. The van der Waals surface area contributed by atoms with Gasteiger partial charge in [0.1, 0.15) is 23.2 Å². The molecule has 0 saturated heterocycles. The Kier molecular flexibility index (Phi) is 4.54. The molecule has 0 spiro atoms. The van der Waals surface area contributed by atoms with E-state index in [1.165, 1.54) is 11.1 Å². The zero-order valence-corrected chi connectivity index (χ0v) is 18.7. The number of carbonyl (C=O) groups is 1. The third-order valence-corrected chi connectivity index (χ3v) is 6.80. The van der Waals surface area contributed by atoms with Gasteiger partial charge in [0.25, 0.3) is 5.91 Å². The number of nitrogens with one attached hydrogen (secondary N) is 1. The summed E-state index contributed by atoms with van der Waals surface area (Å²) >= 11 is 0. The van der Waals surface area contributed by atoms with Crippen LogP contribution in [0.5, 0.6) is 11.5 Å². The van der Waals surface area contributed by atoms with Crippen molar-refractivity contribution in [1.29, 1.82) is 0 Å². The van der Waals surface area contributed by atoms with Gasteiger partial charge in [-0.25, -0.2) is 0 Å². The molecule has 0 radical (unpaired) electrons. The molecule has 2 aliphatic rings. The summed E-state index contributed by atoms with van der Waals surface area (Å²) in [6.45, 7) is 1.30. The molecule has 3 aromatic carbocycles. The fourth-order valence-electron chi connectivity index (χ4n) is 5.37. The molecule has 1 amide bonds. The van der Waals surface area contributed by atoms with E-state index in [0.29, 0.717) is 24.4 Å². The molecule has 1 N–H and O–H groups in total. The first-order valence-corrected chi connectivity index (χ1v) is 11.2. The van der Waals surface area contributed by atoms with Gasteiger partial charge in [-0.3, -0.25) is 4.79 Å². The Labute approximate surface area is 192 Å². The maximum Gasteiger partial charge on any atom is 0.261 e. The average Bonchev–Trinajstić information content (AvgIpc) is 3.25. The van der Waals surface area contributed by atoms with Crippen molar-refractivity contribution in [1.82, 2.24) is 9.88 Å². The molecule has 0 saturated carbocycles. The molecule has 1 atom stereocenters. The number of ether oxygens (including phenoxy) is 2. The van der Waals surface area contributed by atoms with E-state index in [0.717, 1.165) is 34.5 Å². The lowest BCUT2D eigenvalue weighted by Gasteiger charge is -2.48. The van der Waals surface area contributed by atoms with E-state index < -0.39 is 0 Å². The first-order chi connectivity index (χ1) is 16.2. The second kappa shape index (κ2) is 7.59. The normalized spacial score (nSPS) is 16.9. The average molecular weight is 440 g/mol. The van der Waals surface area contributed by atoms with Gasteiger partial charge in [0.05, 0.1) is 25.6 Å². The Morgan fingerprint density at radius 3 is 2.48 bits per heavy atom. The lowest BCUT2D eigenvalue weighted by atomic mass is 9.94. The standard InChI is InChI=1S/C27H25N3O3/c1-32-21-12-6-10-19-23(21)18-14-15-29-26(25(18)28-19)30(16-17-8-4-3-5-9-17)20-11-7-13-22(33-2)24(20)27(29)31/h3-13,26,28H,14-16H2,1-2H3. The summed E-state index contributed by atoms with van der Waals surface area (Å²) in [5.74, 6) is 1.48. The molecule has 6 heteroatoms. The molecule has 0 aliphatic carbocycles. The maximum atomic E-state index is 13.8. The molecule has 0 bridgehead atoms. The Balaban J connectivity index is 1.58. The number of aromatic nitrogens is 1. The van der Waals surface area contributed by atoms with Gasteiger partial charge in [0, 0.05) is 24.0 Å². The van der Waals surface area contributed by atoms with Crippen LogP contribution in [-0.4, -0.2) is 36.6 Å². The fourth-order valence-corrected chi connectivity index (χ4v) is 5.37. The topological polar surface area (TPSA) is 57.8 Å². The minimum absolute atomic E-state index is 0.00744. The van der Waals surface area contributed by atoms with Crippen molar-refractivity contribution in [2.24, 2.45) is 0 Å². The molecular formula is C27H25N3O3. The van der Waals surface area contributed by atoms with Crippen LogP contribution >= 0.6 is 0 Å². The highest BCUT2D eigenvalue weighted by molar-refractivity contribution is 6.05. The number of amides is 1. The van der Waals surface area contributed by atoms with Crippen molar-refractivity contribution in [2.45, 2.75) is 19.1 Å². The highest BCUT2D eigenvalue weighted by atomic mass is 16.5. The number of rotatable bonds is 4. The minimum atomic E-state index is -0.238. The van der Waals surface area contributed by atoms with Gasteiger partial charge >= 0.3 is 0 Å². The van der Waals surface area contributed by atoms with Crippen molar-refractivity contribution < 1.29 is 14.3 Å². The first kappa shape index (κ1) is 19.7. The summed E-state index contributed by atoms with van der Waals surface area (Å²) in [4.78, 5) is 21.7. The number of aromatic amines is 1. The zero-order valence-electron chi connectivity index (χ0n) is 18.7. The highest BCUT2D eigenvalue weighted by Gasteiger charge is 2.44. The van der Waals surface area contributed by atoms with E-state index in [4.69, 9.17) is 9.47 Å². The van der Waals surface area contributed by atoms with Gasteiger partial charge in [-0.1, -0.05) is 42.5 Å². The quantitative estimate of drug-likeness (QED) is 0.491. The van der Waals surface area contributed by atoms with Gasteiger partial charge in [-0.15, -0.1) is 0 Å². The van der Waals surface area contributed by atoms with Crippen LogP contribution in [0, 0.1) is 0 Å². The van der Waals surface area contributed by atoms with Crippen LogP contribution in [0.1, 0.15) is 33.3 Å². The van der Waals surface area contributed by atoms with Gasteiger partial charge in [-0.05, 0) is 41.8 Å². The summed E-state index contributed by atoms with van der Waals surface area (Å²) in [5.41, 5.74) is 6.01. The molecule has 0 fully saturated rings. The lowest BCUT2D eigenvalue weighted by molar-refractivity contribution is 0.0621. The van der Waals surface area contributed by atoms with E-state index in [1.807, 2.05) is 41.3 Å². The predicted octanol–water partition coefficient (Wildman–Crippen LogP) is 4.90. The molecule has 1 aromatic heterocycles. The number of hydrogen-bond acceptors (Lipinski definition) is 4. The number of H-pyrrole nitrogens is 1. The smallest absolute Gasteiger partial charge is 0.261 e. The van der Waals surface area contributed by atoms with Crippen molar-refractivity contribution >= 4 is 22.5 Å². The van der Waals surface area contributed by atoms with E-state index in [9.17, 15) is 4.79 Å². The molecular weight excluding hydrogens is 414 g/mol. The predicted molar refractivity (Wildman–Crippen MR) is 128 cm³/mol. The number of fused-ring (bicyclic) bond motifs is 6. The van der Waals surface area contributed by atoms with Crippen molar-refractivity contribution in [3.63, 3.8) is 0 Å². The van der Waals surface area contributed by atoms with E-state index >= 15 is 0 Å². The molecule has 6 rings (SSSR count). The fraction of sp³-hybridized carbons (Fsp3) is 0.222. The highest BCUT2D eigenvalue weighted by Crippen LogP contribution is 2.47. The summed E-state index contributed by atoms with van der Waals surface area (Å²) in [7, 11) is 3.33. The number of nitrogens with zero attached hydrogens (tertiary/aromatic N) is 2. The largest absolute Gasteiger partial charge is 0.496 e. The maximum absolute atomic E-state index is 13.8. The number of hydrogen-bond donors (Lipinski definition) is 1. The van der Waals surface area contributed by atoms with Gasteiger partial charge < -0.3 is 24.3 Å². The third kappa shape index (κ3) is 2.90. The van der Waals surface area contributed by atoms with Crippen molar-refractivity contribution in [3.05, 3.63) is 89.1 Å². The van der Waals surface area contributed by atoms with Crippen LogP contribution in [-0.2, 0) is 13.0 Å². The monoisotopic (exact) mass is 439 g/mol. The van der Waals surface area contributed by atoms with Crippen LogP contribution in [0.3, 0.4) is 0 Å². The van der Waals surface area contributed by atoms with Crippen molar-refractivity contribution in [2.75, 3.05) is 25.7 Å². The van der Waals surface area contributed by atoms with Crippen molar-refractivity contribution in [3.8, 4) is 11.5 Å². The van der Waals surface area contributed by atoms with Crippen LogP contribution in [0.15, 0.2) is 66.7 Å². The summed E-state index contributed by atoms with van der Waals surface area (Å²) in [6, 6.07) is 22.3. The Morgan fingerprint density at radius 1 is 0.939 bits per heavy atom. The SMILES string of the molecule is COc1cccc2c1C(=O)N1CCc3c([nH]c4cccc(OC)c34)C1N2Cc1ccccc1. The minimum Gasteiger partial charge on any atom is -0.496 e. The molecule has 4 aromatic rings. The van der Waals surface area contributed by atoms with Crippen LogP contribution in [0.4, 0.5) is 5.69 Å². The van der Waals surface area contributed by atoms with Gasteiger partial charge in [0.2, 0.25) is 0 Å². The van der Waals surface area contributed by atoms with Gasteiger partial charge in [-0.2, -0.15) is 0 Å². The summed E-state index contributed by atoms with van der Waals surface area (Å²) in [6.07, 6.45) is 0.528. The lowest BCUT2D eigenvalue weighted by Crippen LogP contribution is -2.52. The van der Waals surface area contributed by atoms with Crippen LogP contribution in [0.2, 0.25) is 0 Å². The van der Waals surface area contributed by atoms with E-state index in [-0.39, 0.29) is 12.1 Å². The number of anilines is 1. The second-order valence-electron chi connectivity index (χ2n) is 8.49. The Hall–Kier alpha value is -3.93. The van der Waals surface area contributed by atoms with Gasteiger partial charge in [0.15, 0.2) is 0 Å². The molecule has 6 nitrogen and oxygen atoms in total. The van der Waals surface area contributed by atoms with E-state index in [2.05, 4.69) is 40.2 Å². The number of carbonyl (C=O) groups excluding carboxylic acids is 1. The molecule has 166 valence electrons. The molecule has 1 unspecified atom stereocenters. The first-order valence-electron chi connectivity index (χ1n) is 11.2. The van der Waals surface area contributed by atoms with Crippen LogP contribution < -0.4 is 14.4 Å². The van der Waals surface area contributed by atoms with E-state index in [1.54, 1.807) is 14.2 Å². The second-order valence-corrected chi connectivity index (χ2v) is 8.49. The zero-order chi connectivity index (χ0) is 22.5. The molecule has 2 aliphatic heterocycles. The molecule has 3 heterocycles. The summed E-state index contributed by atoms with van der Waals surface area (Å²) < 4.78 is 11.3.